The van der Waals surface area contributed by atoms with E-state index in [1.807, 2.05) is 0 Å². The number of aliphatic hydroxyl groups excluding tert-OH is 1. The molecule has 0 fully saturated rings. The van der Waals surface area contributed by atoms with Gasteiger partial charge in [-0.1, -0.05) is 6.92 Å². The summed E-state index contributed by atoms with van der Waals surface area (Å²) in [6.45, 7) is 1.16. The molecule has 0 aromatic heterocycles. The number of hydroxylamine groups is 2. The highest BCUT2D eigenvalue weighted by atomic mass is 16.7. The predicted octanol–water partition coefficient (Wildman–Crippen LogP) is -0.972. The van der Waals surface area contributed by atoms with Crippen molar-refractivity contribution in [2.24, 2.45) is 0 Å². The summed E-state index contributed by atoms with van der Waals surface area (Å²) in [5.41, 5.74) is 0. The minimum absolute atomic E-state index is 0.0620. The van der Waals surface area contributed by atoms with Gasteiger partial charge in [0.05, 0.1) is 6.42 Å². The highest BCUT2D eigenvalue weighted by Gasteiger charge is 2.17. The molecular weight excluding hydrogens is 244 g/mol. The van der Waals surface area contributed by atoms with E-state index in [1.54, 1.807) is 6.92 Å². The van der Waals surface area contributed by atoms with Crippen LogP contribution in [0.4, 0.5) is 0 Å². The number of rotatable bonds is 8. The smallest absolute Gasteiger partial charge is 0.334 e. The molecule has 0 saturated heterocycles. The van der Waals surface area contributed by atoms with E-state index in [0.29, 0.717) is 17.9 Å². The lowest BCUT2D eigenvalue weighted by molar-refractivity contribution is -0.196. The first-order valence-corrected chi connectivity index (χ1v) is 5.37. The third-order valence-corrected chi connectivity index (χ3v) is 1.94. The summed E-state index contributed by atoms with van der Waals surface area (Å²) in [5, 5.41) is 8.98. The van der Waals surface area contributed by atoms with Crippen LogP contribution >= 0.6 is 0 Å². The van der Waals surface area contributed by atoms with Crippen LogP contribution in [-0.2, 0) is 24.0 Å². The van der Waals surface area contributed by atoms with Gasteiger partial charge in [0.15, 0.2) is 0 Å². The van der Waals surface area contributed by atoms with Crippen LogP contribution in [0.1, 0.15) is 26.2 Å². The summed E-state index contributed by atoms with van der Waals surface area (Å²) >= 11 is 0. The molecule has 1 N–H and O–H groups in total. The maximum Gasteiger partial charge on any atom is 0.334 e. The number of hydrogen-bond donors (Lipinski definition) is 1. The molecule has 0 aliphatic rings. The van der Waals surface area contributed by atoms with Crippen LogP contribution in [0, 0.1) is 0 Å². The first-order chi connectivity index (χ1) is 8.58. The Morgan fingerprint density at radius 3 is 2.33 bits per heavy atom. The second-order valence-electron chi connectivity index (χ2n) is 3.35. The van der Waals surface area contributed by atoms with Crippen LogP contribution in [0.5, 0.6) is 0 Å². The van der Waals surface area contributed by atoms with Crippen molar-refractivity contribution in [1.29, 1.82) is 0 Å². The van der Waals surface area contributed by atoms with E-state index in [-0.39, 0.29) is 25.8 Å². The Kier molecular flexibility index (Phi) is 8.12. The fraction of sp³-hybridized carbons (Fsp3) is 0.600. The number of nitrogens with zero attached hydrogens (tertiary/aromatic N) is 2. The zero-order valence-electron chi connectivity index (χ0n) is 10.1. The Bertz CT molecular complexity index is 307. The molecule has 0 unspecified atom stereocenters. The molecule has 8 heteroatoms. The van der Waals surface area contributed by atoms with E-state index in [9.17, 15) is 19.2 Å². The molecule has 0 radical (unpaired) electrons. The average molecular weight is 260 g/mol. The number of hydrogen-bond acceptors (Lipinski definition) is 6. The third kappa shape index (κ3) is 5.94. The summed E-state index contributed by atoms with van der Waals surface area (Å²) in [5.74, 6) is -1.46. The molecule has 0 aromatic carbocycles. The molecule has 18 heavy (non-hydrogen) atoms. The van der Waals surface area contributed by atoms with Gasteiger partial charge in [0.25, 0.3) is 12.3 Å². The molecule has 102 valence electrons. The van der Waals surface area contributed by atoms with Crippen molar-refractivity contribution >= 4 is 24.7 Å². The van der Waals surface area contributed by atoms with Crippen LogP contribution in [0.3, 0.4) is 0 Å². The highest BCUT2D eigenvalue weighted by Crippen LogP contribution is 1.99. The molecule has 0 spiro atoms. The normalized spacial score (nSPS) is 9.44. The van der Waals surface area contributed by atoms with E-state index in [1.165, 1.54) is 0 Å². The van der Waals surface area contributed by atoms with Crippen molar-refractivity contribution in [2.45, 2.75) is 26.2 Å². The van der Waals surface area contributed by atoms with Gasteiger partial charge in [-0.2, -0.15) is 0 Å². The van der Waals surface area contributed by atoms with Crippen molar-refractivity contribution in [2.75, 3.05) is 13.3 Å². The molecule has 8 nitrogen and oxygen atoms in total. The minimum atomic E-state index is -0.841. The van der Waals surface area contributed by atoms with Gasteiger partial charge in [0.2, 0.25) is 6.41 Å². The molecule has 0 heterocycles. The van der Waals surface area contributed by atoms with Gasteiger partial charge in [-0.15, -0.1) is 5.06 Å². The number of imide groups is 1. The quantitative estimate of drug-likeness (QED) is 0.342. The maximum atomic E-state index is 11.3. The van der Waals surface area contributed by atoms with Crippen LogP contribution in [0.2, 0.25) is 0 Å². The summed E-state index contributed by atoms with van der Waals surface area (Å²) in [6, 6.07) is 0. The zero-order valence-corrected chi connectivity index (χ0v) is 10.1. The lowest BCUT2D eigenvalue weighted by atomic mass is 10.3. The van der Waals surface area contributed by atoms with Crippen LogP contribution in [0.25, 0.3) is 0 Å². The second kappa shape index (κ2) is 9.11. The molecule has 0 saturated carbocycles. The van der Waals surface area contributed by atoms with Gasteiger partial charge < -0.3 is 14.8 Å². The summed E-state index contributed by atoms with van der Waals surface area (Å²) < 4.78 is 0. The Morgan fingerprint density at radius 2 is 1.89 bits per heavy atom. The van der Waals surface area contributed by atoms with Gasteiger partial charge in [-0.05, 0) is 6.42 Å². The molecule has 0 aliphatic heterocycles. The monoisotopic (exact) mass is 260 g/mol. The van der Waals surface area contributed by atoms with E-state index in [4.69, 9.17) is 5.11 Å². The molecule has 0 rings (SSSR count). The third-order valence-electron chi connectivity index (χ3n) is 1.94. The van der Waals surface area contributed by atoms with Gasteiger partial charge in [0.1, 0.15) is 6.73 Å². The number of aliphatic hydroxyl groups is 1. The average Bonchev–Trinajstić information content (AvgIpc) is 2.37. The van der Waals surface area contributed by atoms with Crippen molar-refractivity contribution in [1.82, 2.24) is 9.96 Å². The summed E-state index contributed by atoms with van der Waals surface area (Å²) in [6.07, 6.45) is 0.850. The first-order valence-electron chi connectivity index (χ1n) is 5.37. The number of carbonyl (C=O) groups is 4. The topological polar surface area (TPSA) is 104 Å². The Labute approximate surface area is 104 Å². The largest absolute Gasteiger partial charge is 0.376 e. The molecular formula is C10H16N2O6. The van der Waals surface area contributed by atoms with Crippen LogP contribution < -0.4 is 0 Å². The molecule has 0 aromatic rings. The van der Waals surface area contributed by atoms with E-state index in [2.05, 4.69) is 4.84 Å². The maximum absolute atomic E-state index is 11.3. The molecule has 0 aliphatic carbocycles. The lowest BCUT2D eigenvalue weighted by Crippen LogP contribution is -2.34. The number of amides is 3. The minimum Gasteiger partial charge on any atom is -0.376 e. The predicted molar refractivity (Wildman–Crippen MR) is 58.4 cm³/mol. The van der Waals surface area contributed by atoms with Gasteiger partial charge in [0, 0.05) is 13.0 Å². The fourth-order valence-corrected chi connectivity index (χ4v) is 1.00. The lowest BCUT2D eigenvalue weighted by Gasteiger charge is -2.16. The fourth-order valence-electron chi connectivity index (χ4n) is 1.00. The van der Waals surface area contributed by atoms with E-state index < -0.39 is 18.6 Å². The van der Waals surface area contributed by atoms with E-state index in [0.717, 1.165) is 4.90 Å². The Hall–Kier alpha value is -1.96. The molecule has 0 bridgehead atoms. The number of carbonyl (C=O) groups excluding carboxylic acids is 4. The van der Waals surface area contributed by atoms with Crippen molar-refractivity contribution in [3.63, 3.8) is 0 Å². The highest BCUT2D eigenvalue weighted by molar-refractivity contribution is 5.86. The van der Waals surface area contributed by atoms with E-state index >= 15 is 0 Å². The Morgan fingerprint density at radius 1 is 1.22 bits per heavy atom. The van der Waals surface area contributed by atoms with Gasteiger partial charge in [-0.3, -0.25) is 14.4 Å². The SMILES string of the molecule is CCCC(=O)N(C=O)OC(=O)CCN(C=O)CO. The zero-order chi connectivity index (χ0) is 14.0. The van der Waals surface area contributed by atoms with Gasteiger partial charge in [-0.25, -0.2) is 4.79 Å². The first kappa shape index (κ1) is 16.0. The van der Waals surface area contributed by atoms with Crippen molar-refractivity contribution in [3.8, 4) is 0 Å². The summed E-state index contributed by atoms with van der Waals surface area (Å²) in [7, 11) is 0. The van der Waals surface area contributed by atoms with Crippen molar-refractivity contribution in [3.05, 3.63) is 0 Å². The molecule has 0 atom stereocenters. The summed E-state index contributed by atoms with van der Waals surface area (Å²) in [4.78, 5) is 48.8. The van der Waals surface area contributed by atoms with Crippen LogP contribution in [-0.4, -0.2) is 53.0 Å². The second-order valence-corrected chi connectivity index (χ2v) is 3.35. The van der Waals surface area contributed by atoms with Crippen molar-refractivity contribution < 1.29 is 29.1 Å². The van der Waals surface area contributed by atoms with Gasteiger partial charge >= 0.3 is 5.97 Å². The van der Waals surface area contributed by atoms with Crippen LogP contribution in [0.15, 0.2) is 0 Å². The standard InChI is InChI=1S/C10H16N2O6/c1-2-3-9(16)12(8-15)18-10(17)4-5-11(6-13)7-14/h6,8,14H,2-5,7H2,1H3. The molecule has 3 amide bonds. The Balaban J connectivity index is 4.15.